The van der Waals surface area contributed by atoms with E-state index in [1.165, 1.54) is 12.3 Å². The molecule has 12 heteroatoms. The summed E-state index contributed by atoms with van der Waals surface area (Å²) < 4.78 is 45.5. The zero-order valence-electron chi connectivity index (χ0n) is 25.2. The molecular formula is C31H37FN5O5P. The van der Waals surface area contributed by atoms with Crippen molar-refractivity contribution in [3.8, 4) is 22.3 Å². The molecule has 0 spiro atoms. The molecule has 1 atom stereocenters. The SMILES string of the molecule is CCOP(=O)(OCC)OC(C)n1cc(-c2ccnc(F)c2)c2cc(-c3cccc(N(C)C(=O)C=CCN(C)C)c3)cnc21. The van der Waals surface area contributed by atoms with Crippen LogP contribution in [0, 0.1) is 5.95 Å². The Morgan fingerprint density at radius 1 is 1.05 bits per heavy atom. The zero-order valence-corrected chi connectivity index (χ0v) is 26.1. The van der Waals surface area contributed by atoms with Gasteiger partial charge in [0.05, 0.1) is 13.2 Å². The molecule has 0 aliphatic rings. The molecule has 1 aromatic carbocycles. The van der Waals surface area contributed by atoms with Crippen LogP contribution in [0.2, 0.25) is 0 Å². The molecule has 228 valence electrons. The molecule has 0 saturated heterocycles. The van der Waals surface area contributed by atoms with Crippen LogP contribution in [0.3, 0.4) is 0 Å². The van der Waals surface area contributed by atoms with Crippen LogP contribution in [-0.2, 0) is 22.9 Å². The predicted molar refractivity (Wildman–Crippen MR) is 166 cm³/mol. The number of benzene rings is 1. The number of carbonyl (C=O) groups is 1. The van der Waals surface area contributed by atoms with E-state index in [-0.39, 0.29) is 19.1 Å². The lowest BCUT2D eigenvalue weighted by molar-refractivity contribution is -0.113. The van der Waals surface area contributed by atoms with Gasteiger partial charge in [0.25, 0.3) is 0 Å². The van der Waals surface area contributed by atoms with E-state index < -0.39 is 20.0 Å². The molecule has 10 nitrogen and oxygen atoms in total. The summed E-state index contributed by atoms with van der Waals surface area (Å²) in [5.74, 6) is -0.763. The Labute approximate surface area is 251 Å². The van der Waals surface area contributed by atoms with Gasteiger partial charge in [-0.3, -0.25) is 18.4 Å². The average Bonchev–Trinajstić information content (AvgIpc) is 3.36. The summed E-state index contributed by atoms with van der Waals surface area (Å²) in [5, 5.41) is 0.711. The number of hydrogen-bond donors (Lipinski definition) is 0. The highest BCUT2D eigenvalue weighted by Crippen LogP contribution is 2.52. The predicted octanol–water partition coefficient (Wildman–Crippen LogP) is 6.70. The fourth-order valence-electron chi connectivity index (χ4n) is 4.52. The van der Waals surface area contributed by atoms with Crippen molar-refractivity contribution >= 4 is 30.5 Å². The van der Waals surface area contributed by atoms with Gasteiger partial charge in [0.1, 0.15) is 11.9 Å². The number of phosphoric acid groups is 1. The van der Waals surface area contributed by atoms with E-state index in [1.807, 2.05) is 55.4 Å². The molecule has 0 N–H and O–H groups in total. The number of pyridine rings is 2. The van der Waals surface area contributed by atoms with Crippen molar-refractivity contribution < 1.29 is 27.3 Å². The number of aromatic nitrogens is 3. The number of rotatable bonds is 13. The topological polar surface area (TPSA) is 99.0 Å². The van der Waals surface area contributed by atoms with Gasteiger partial charge in [0.2, 0.25) is 11.9 Å². The summed E-state index contributed by atoms with van der Waals surface area (Å²) in [5.41, 5.74) is 4.13. The quantitative estimate of drug-likeness (QED) is 0.0938. The first-order chi connectivity index (χ1) is 20.5. The van der Waals surface area contributed by atoms with Crippen LogP contribution in [0.25, 0.3) is 33.3 Å². The lowest BCUT2D eigenvalue weighted by atomic mass is 10.0. The Morgan fingerprint density at radius 3 is 2.47 bits per heavy atom. The second-order valence-corrected chi connectivity index (χ2v) is 11.6. The van der Waals surface area contributed by atoms with Gasteiger partial charge < -0.3 is 14.4 Å². The van der Waals surface area contributed by atoms with Crippen molar-refractivity contribution in [1.82, 2.24) is 19.4 Å². The molecule has 0 aliphatic heterocycles. The van der Waals surface area contributed by atoms with Crippen LogP contribution in [-0.4, -0.2) is 66.2 Å². The second kappa shape index (κ2) is 14.2. The van der Waals surface area contributed by atoms with E-state index in [0.717, 1.165) is 16.8 Å². The van der Waals surface area contributed by atoms with E-state index in [1.54, 1.807) is 61.8 Å². The Bertz CT molecular complexity index is 1650. The van der Waals surface area contributed by atoms with Crippen molar-refractivity contribution in [1.29, 1.82) is 0 Å². The molecule has 4 rings (SSSR count). The van der Waals surface area contributed by atoms with Crippen LogP contribution in [0.15, 0.2) is 73.2 Å². The summed E-state index contributed by atoms with van der Waals surface area (Å²) in [6.07, 6.45) is 7.46. The maximum Gasteiger partial charge on any atom is 0.476 e. The first-order valence-electron chi connectivity index (χ1n) is 13.9. The molecule has 4 aromatic rings. The lowest BCUT2D eigenvalue weighted by Crippen LogP contribution is -2.24. The molecule has 0 bridgehead atoms. The van der Waals surface area contributed by atoms with E-state index in [4.69, 9.17) is 18.6 Å². The van der Waals surface area contributed by atoms with Crippen molar-refractivity contribution in [3.63, 3.8) is 0 Å². The molecule has 3 aromatic heterocycles. The minimum Gasteiger partial charge on any atom is -0.312 e. The number of nitrogens with zero attached hydrogens (tertiary/aromatic N) is 5. The third-order valence-corrected chi connectivity index (χ3v) is 8.30. The van der Waals surface area contributed by atoms with Crippen molar-refractivity contribution in [2.45, 2.75) is 27.0 Å². The van der Waals surface area contributed by atoms with Gasteiger partial charge in [-0.15, -0.1) is 0 Å². The smallest absolute Gasteiger partial charge is 0.312 e. The molecule has 0 fully saturated rings. The van der Waals surface area contributed by atoms with Gasteiger partial charge in [-0.25, -0.2) is 14.5 Å². The number of fused-ring (bicyclic) bond motifs is 1. The Kier molecular flexibility index (Phi) is 10.6. The van der Waals surface area contributed by atoms with E-state index >= 15 is 0 Å². The second-order valence-electron chi connectivity index (χ2n) is 10.0. The van der Waals surface area contributed by atoms with Gasteiger partial charge in [-0.2, -0.15) is 4.39 Å². The lowest BCUT2D eigenvalue weighted by Gasteiger charge is -2.22. The van der Waals surface area contributed by atoms with Crippen LogP contribution in [0.5, 0.6) is 0 Å². The number of carbonyl (C=O) groups excluding carboxylic acids is 1. The van der Waals surface area contributed by atoms with Crippen molar-refractivity contribution in [3.05, 3.63) is 79.2 Å². The molecule has 0 saturated carbocycles. The van der Waals surface area contributed by atoms with Gasteiger partial charge in [-0.1, -0.05) is 18.2 Å². The molecule has 3 heterocycles. The summed E-state index contributed by atoms with van der Waals surface area (Å²) in [6, 6.07) is 12.6. The molecule has 0 aliphatic carbocycles. The van der Waals surface area contributed by atoms with E-state index in [0.29, 0.717) is 28.7 Å². The Balaban J connectivity index is 1.76. The third kappa shape index (κ3) is 7.81. The van der Waals surface area contributed by atoms with Gasteiger partial charge >= 0.3 is 7.82 Å². The third-order valence-electron chi connectivity index (χ3n) is 6.58. The molecule has 1 amide bonds. The van der Waals surface area contributed by atoms with Crippen LogP contribution >= 0.6 is 7.82 Å². The normalized spacial score (nSPS) is 12.8. The summed E-state index contributed by atoms with van der Waals surface area (Å²) in [7, 11) is 1.76. The van der Waals surface area contributed by atoms with Gasteiger partial charge in [0, 0.05) is 66.5 Å². The summed E-state index contributed by atoms with van der Waals surface area (Å²) >= 11 is 0. The van der Waals surface area contributed by atoms with Crippen molar-refractivity contribution in [2.24, 2.45) is 0 Å². The zero-order chi connectivity index (χ0) is 31.1. The van der Waals surface area contributed by atoms with Crippen LogP contribution in [0.4, 0.5) is 10.1 Å². The largest absolute Gasteiger partial charge is 0.476 e. The Morgan fingerprint density at radius 2 is 1.79 bits per heavy atom. The minimum absolute atomic E-state index is 0.142. The molecule has 0 radical (unpaired) electrons. The van der Waals surface area contributed by atoms with E-state index in [9.17, 15) is 13.8 Å². The molecule has 1 unspecified atom stereocenters. The van der Waals surface area contributed by atoms with Crippen LogP contribution in [0.1, 0.15) is 27.0 Å². The molecular weight excluding hydrogens is 572 g/mol. The fourth-order valence-corrected chi connectivity index (χ4v) is 5.82. The number of halogens is 1. The fraction of sp³-hybridized carbons (Fsp3) is 0.323. The van der Waals surface area contributed by atoms with Gasteiger partial charge in [0.15, 0.2) is 0 Å². The minimum atomic E-state index is -3.84. The highest BCUT2D eigenvalue weighted by Gasteiger charge is 2.30. The first kappa shape index (κ1) is 32.2. The average molecular weight is 610 g/mol. The van der Waals surface area contributed by atoms with E-state index in [2.05, 4.69) is 4.98 Å². The monoisotopic (exact) mass is 609 g/mol. The number of phosphoric ester groups is 1. The maximum atomic E-state index is 14.2. The standard InChI is InChI=1S/C31H37FN5O5P/c1-7-40-43(39,41-8-2)42-22(3)37-21-28(24-14-15-33-29(32)19-24)27-18-25(20-34-31(27)37)23-11-9-12-26(17-23)36(6)30(38)13-10-16-35(4)5/h9-15,17-22H,7-8,16H2,1-6H3. The maximum absolute atomic E-state index is 14.2. The van der Waals surface area contributed by atoms with Crippen molar-refractivity contribution in [2.75, 3.05) is 45.8 Å². The number of amides is 1. The summed E-state index contributed by atoms with van der Waals surface area (Å²) in [6.45, 7) is 6.06. The first-order valence-corrected chi connectivity index (χ1v) is 15.4. The Hall–Kier alpha value is -3.73. The number of likely N-dealkylation sites (N-methyl/N-ethyl adjacent to an activating group) is 2. The number of hydrogen-bond acceptors (Lipinski definition) is 8. The highest BCUT2D eigenvalue weighted by molar-refractivity contribution is 7.48. The van der Waals surface area contributed by atoms with Crippen LogP contribution < -0.4 is 4.90 Å². The highest BCUT2D eigenvalue weighted by atomic mass is 31.2. The number of anilines is 1. The summed E-state index contributed by atoms with van der Waals surface area (Å²) in [4.78, 5) is 24.7. The molecule has 43 heavy (non-hydrogen) atoms. The van der Waals surface area contributed by atoms with Gasteiger partial charge in [-0.05, 0) is 70.3 Å².